The van der Waals surface area contributed by atoms with Crippen molar-refractivity contribution in [2.45, 2.75) is 20.4 Å². The van der Waals surface area contributed by atoms with Crippen molar-refractivity contribution in [3.8, 4) is 5.75 Å². The standard InChI is InChI=1S/C18H21NO6/c1-3-23-8-9-24-16-7-5-4-6-14(16)17(20)19-11-13-10-15(18(21)22)12(2)25-13/h4-7,10H,3,8-9,11H2,1-2H3,(H,19,20)(H,21,22). The molecule has 0 fully saturated rings. The van der Waals surface area contributed by atoms with E-state index in [9.17, 15) is 9.59 Å². The smallest absolute Gasteiger partial charge is 0.339 e. The summed E-state index contributed by atoms with van der Waals surface area (Å²) in [5.41, 5.74) is 0.477. The molecular weight excluding hydrogens is 326 g/mol. The summed E-state index contributed by atoms with van der Waals surface area (Å²) in [6, 6.07) is 8.29. The van der Waals surface area contributed by atoms with Crippen LogP contribution < -0.4 is 10.1 Å². The fourth-order valence-corrected chi connectivity index (χ4v) is 2.24. The maximum atomic E-state index is 12.4. The van der Waals surface area contributed by atoms with E-state index < -0.39 is 5.97 Å². The van der Waals surface area contributed by atoms with Crippen LogP contribution in [0.15, 0.2) is 34.7 Å². The lowest BCUT2D eigenvalue weighted by Gasteiger charge is -2.11. The summed E-state index contributed by atoms with van der Waals surface area (Å²) < 4.78 is 16.1. The van der Waals surface area contributed by atoms with Crippen LogP contribution in [0.25, 0.3) is 0 Å². The number of carbonyl (C=O) groups excluding carboxylic acids is 1. The number of carbonyl (C=O) groups is 2. The van der Waals surface area contributed by atoms with E-state index in [0.717, 1.165) is 0 Å². The second-order valence-electron chi connectivity index (χ2n) is 5.21. The zero-order chi connectivity index (χ0) is 18.2. The highest BCUT2D eigenvalue weighted by molar-refractivity contribution is 5.96. The van der Waals surface area contributed by atoms with E-state index in [0.29, 0.717) is 42.7 Å². The molecule has 1 heterocycles. The first kappa shape index (κ1) is 18.5. The summed E-state index contributed by atoms with van der Waals surface area (Å²) in [6.07, 6.45) is 0. The SMILES string of the molecule is CCOCCOc1ccccc1C(=O)NCc1cc(C(=O)O)c(C)o1. The minimum atomic E-state index is -1.06. The summed E-state index contributed by atoms with van der Waals surface area (Å²) >= 11 is 0. The molecular formula is C18H21NO6. The molecule has 0 bridgehead atoms. The Balaban J connectivity index is 1.98. The molecule has 1 aromatic heterocycles. The Kier molecular flexibility index (Phi) is 6.59. The zero-order valence-electron chi connectivity index (χ0n) is 14.2. The van der Waals surface area contributed by atoms with Gasteiger partial charge in [0.05, 0.1) is 18.7 Å². The van der Waals surface area contributed by atoms with Gasteiger partial charge in [-0.3, -0.25) is 4.79 Å². The average Bonchev–Trinajstić information content (AvgIpc) is 2.98. The van der Waals surface area contributed by atoms with Gasteiger partial charge < -0.3 is 24.3 Å². The van der Waals surface area contributed by atoms with Crippen LogP contribution in [0.4, 0.5) is 0 Å². The molecule has 25 heavy (non-hydrogen) atoms. The predicted octanol–water partition coefficient (Wildman–Crippen LogP) is 2.63. The van der Waals surface area contributed by atoms with E-state index >= 15 is 0 Å². The number of aromatic carboxylic acids is 1. The van der Waals surface area contributed by atoms with E-state index in [1.54, 1.807) is 31.2 Å². The maximum Gasteiger partial charge on any atom is 0.339 e. The summed E-state index contributed by atoms with van der Waals surface area (Å²) in [5, 5.41) is 11.7. The number of benzene rings is 1. The molecule has 2 aromatic rings. The van der Waals surface area contributed by atoms with Gasteiger partial charge in [0.15, 0.2) is 0 Å². The van der Waals surface area contributed by atoms with E-state index in [2.05, 4.69) is 5.32 Å². The number of carboxylic acids is 1. The van der Waals surface area contributed by atoms with Crippen molar-refractivity contribution < 1.29 is 28.6 Å². The van der Waals surface area contributed by atoms with Gasteiger partial charge in [0, 0.05) is 6.61 Å². The molecule has 7 nitrogen and oxygen atoms in total. The summed E-state index contributed by atoms with van der Waals surface area (Å²) in [7, 11) is 0. The van der Waals surface area contributed by atoms with Gasteiger partial charge in [0.2, 0.25) is 0 Å². The zero-order valence-corrected chi connectivity index (χ0v) is 14.2. The molecule has 0 saturated carbocycles. The van der Waals surface area contributed by atoms with Crippen molar-refractivity contribution in [2.75, 3.05) is 19.8 Å². The molecule has 0 aliphatic rings. The van der Waals surface area contributed by atoms with E-state index in [4.69, 9.17) is 19.0 Å². The van der Waals surface area contributed by atoms with Crippen molar-refractivity contribution in [3.05, 3.63) is 53.0 Å². The topological polar surface area (TPSA) is 98.0 Å². The number of furan rings is 1. The Morgan fingerprint density at radius 2 is 1.96 bits per heavy atom. The van der Waals surface area contributed by atoms with Gasteiger partial charge in [-0.25, -0.2) is 4.79 Å². The lowest BCUT2D eigenvalue weighted by molar-refractivity contribution is 0.0694. The van der Waals surface area contributed by atoms with Crippen LogP contribution in [0.1, 0.15) is 39.2 Å². The molecule has 0 radical (unpaired) electrons. The summed E-state index contributed by atoms with van der Waals surface area (Å²) in [5.74, 6) is -0.263. The first-order valence-electron chi connectivity index (χ1n) is 7.93. The average molecular weight is 347 g/mol. The molecule has 1 amide bonds. The molecule has 1 aromatic carbocycles. The number of para-hydroxylation sites is 1. The van der Waals surface area contributed by atoms with Crippen molar-refractivity contribution in [2.24, 2.45) is 0 Å². The Morgan fingerprint density at radius 3 is 2.64 bits per heavy atom. The maximum absolute atomic E-state index is 12.4. The Hall–Kier alpha value is -2.80. The third kappa shape index (κ3) is 5.09. The minimum absolute atomic E-state index is 0.0836. The van der Waals surface area contributed by atoms with Crippen molar-refractivity contribution in [1.29, 1.82) is 0 Å². The molecule has 2 N–H and O–H groups in total. The Labute approximate surface area is 145 Å². The van der Waals surface area contributed by atoms with Gasteiger partial charge in [0.25, 0.3) is 5.91 Å². The van der Waals surface area contributed by atoms with E-state index in [1.807, 2.05) is 6.92 Å². The monoisotopic (exact) mass is 347 g/mol. The molecule has 2 rings (SSSR count). The minimum Gasteiger partial charge on any atom is -0.490 e. The third-order valence-corrected chi connectivity index (χ3v) is 3.44. The van der Waals surface area contributed by atoms with E-state index in [1.165, 1.54) is 6.07 Å². The third-order valence-electron chi connectivity index (χ3n) is 3.44. The van der Waals surface area contributed by atoms with Gasteiger partial charge in [-0.1, -0.05) is 12.1 Å². The number of hydrogen-bond acceptors (Lipinski definition) is 5. The van der Waals surface area contributed by atoms with E-state index in [-0.39, 0.29) is 18.0 Å². The lowest BCUT2D eigenvalue weighted by atomic mass is 10.2. The van der Waals surface area contributed by atoms with Crippen LogP contribution in [-0.4, -0.2) is 36.8 Å². The van der Waals surface area contributed by atoms with Crippen LogP contribution >= 0.6 is 0 Å². The summed E-state index contributed by atoms with van der Waals surface area (Å²) in [6.45, 7) is 4.93. The van der Waals surface area contributed by atoms with Gasteiger partial charge >= 0.3 is 5.97 Å². The highest BCUT2D eigenvalue weighted by Crippen LogP contribution is 2.19. The molecule has 0 saturated heterocycles. The van der Waals surface area contributed by atoms with Crippen LogP contribution in [0, 0.1) is 6.92 Å². The fourth-order valence-electron chi connectivity index (χ4n) is 2.24. The number of hydrogen-bond donors (Lipinski definition) is 2. The highest BCUT2D eigenvalue weighted by Gasteiger charge is 2.16. The quantitative estimate of drug-likeness (QED) is 0.677. The van der Waals surface area contributed by atoms with Crippen LogP contribution in [0.5, 0.6) is 5.75 Å². The molecule has 0 atom stereocenters. The number of nitrogens with one attached hydrogen (secondary N) is 1. The summed E-state index contributed by atoms with van der Waals surface area (Å²) in [4.78, 5) is 23.4. The van der Waals surface area contributed by atoms with Gasteiger partial charge in [-0.2, -0.15) is 0 Å². The molecule has 0 aliphatic carbocycles. The van der Waals surface area contributed by atoms with Gasteiger partial charge in [-0.05, 0) is 32.0 Å². The second kappa shape index (κ2) is 8.89. The Bertz CT molecular complexity index is 737. The first-order valence-corrected chi connectivity index (χ1v) is 7.93. The largest absolute Gasteiger partial charge is 0.490 e. The normalized spacial score (nSPS) is 10.5. The first-order chi connectivity index (χ1) is 12.0. The van der Waals surface area contributed by atoms with Gasteiger partial charge in [0.1, 0.15) is 29.4 Å². The molecule has 134 valence electrons. The Morgan fingerprint density at radius 1 is 1.20 bits per heavy atom. The molecule has 0 unspecified atom stereocenters. The molecule has 0 aliphatic heterocycles. The number of amides is 1. The van der Waals surface area contributed by atoms with Crippen LogP contribution in [0.2, 0.25) is 0 Å². The number of rotatable bonds is 9. The van der Waals surface area contributed by atoms with Crippen LogP contribution in [0.3, 0.4) is 0 Å². The van der Waals surface area contributed by atoms with Crippen molar-refractivity contribution in [3.63, 3.8) is 0 Å². The van der Waals surface area contributed by atoms with Crippen LogP contribution in [-0.2, 0) is 11.3 Å². The number of aryl methyl sites for hydroxylation is 1. The molecule has 7 heteroatoms. The molecule has 0 spiro atoms. The van der Waals surface area contributed by atoms with Crippen molar-refractivity contribution in [1.82, 2.24) is 5.32 Å². The predicted molar refractivity (Wildman–Crippen MR) is 90.0 cm³/mol. The van der Waals surface area contributed by atoms with Gasteiger partial charge in [-0.15, -0.1) is 0 Å². The second-order valence-corrected chi connectivity index (χ2v) is 5.21. The van der Waals surface area contributed by atoms with Crippen molar-refractivity contribution >= 4 is 11.9 Å². The lowest BCUT2D eigenvalue weighted by Crippen LogP contribution is -2.23. The number of ether oxygens (including phenoxy) is 2. The number of carboxylic acid groups (broad SMARTS) is 1. The fraction of sp³-hybridized carbons (Fsp3) is 0.333. The highest BCUT2D eigenvalue weighted by atomic mass is 16.5.